The highest BCUT2D eigenvalue weighted by molar-refractivity contribution is 6.01. The third-order valence-electron chi connectivity index (χ3n) is 7.52. The van der Waals surface area contributed by atoms with E-state index in [0.717, 1.165) is 21.2 Å². The second kappa shape index (κ2) is 9.99. The number of Topliss-reactive ketones (excluding diaryl/α,β-unsaturated/α-hetero) is 1. The molecule has 0 saturated carbocycles. The summed E-state index contributed by atoms with van der Waals surface area (Å²) in [4.78, 5) is 34.3. The molecule has 4 heterocycles. The number of rotatable bonds is 5. The number of fused-ring (bicyclic) bond motifs is 2. The van der Waals surface area contributed by atoms with Crippen LogP contribution in [0.4, 0.5) is 18.9 Å². The fourth-order valence-corrected chi connectivity index (χ4v) is 5.59. The number of aromatic nitrogens is 4. The smallest absolute Gasteiger partial charge is 0.371 e. The van der Waals surface area contributed by atoms with E-state index in [1.54, 1.807) is 11.1 Å². The molecule has 1 amide bonds. The van der Waals surface area contributed by atoms with Gasteiger partial charge in [-0.05, 0) is 36.5 Å². The molecule has 11 heteroatoms. The molecule has 5 rings (SSSR count). The van der Waals surface area contributed by atoms with E-state index in [1.165, 1.54) is 0 Å². The van der Waals surface area contributed by atoms with Gasteiger partial charge in [-0.2, -0.15) is 13.2 Å². The Bertz CT molecular complexity index is 1370. The van der Waals surface area contributed by atoms with E-state index >= 15 is 0 Å². The molecule has 202 valence electrons. The first kappa shape index (κ1) is 26.1. The lowest BCUT2D eigenvalue weighted by Gasteiger charge is -2.40. The van der Waals surface area contributed by atoms with Gasteiger partial charge in [0, 0.05) is 61.4 Å². The van der Waals surface area contributed by atoms with Crippen molar-refractivity contribution in [2.45, 2.75) is 52.9 Å². The minimum absolute atomic E-state index is 0.0286. The van der Waals surface area contributed by atoms with Gasteiger partial charge in [-0.3, -0.25) is 14.6 Å². The molecule has 0 aliphatic carbocycles. The second-order valence-corrected chi connectivity index (χ2v) is 10.8. The van der Waals surface area contributed by atoms with Gasteiger partial charge in [0.2, 0.25) is 11.7 Å². The largest absolute Gasteiger partial charge is 0.451 e. The molecule has 1 aromatic carbocycles. The summed E-state index contributed by atoms with van der Waals surface area (Å²) in [5, 5.41) is 7.96. The van der Waals surface area contributed by atoms with E-state index in [-0.39, 0.29) is 54.9 Å². The normalized spacial score (nSPS) is 20.2. The van der Waals surface area contributed by atoms with E-state index in [9.17, 15) is 22.8 Å². The summed E-state index contributed by atoms with van der Waals surface area (Å²) < 4.78 is 40.5. The quantitative estimate of drug-likeness (QED) is 0.451. The average molecular weight is 529 g/mol. The Balaban J connectivity index is 1.28. The number of piperidine rings is 1. The van der Waals surface area contributed by atoms with Gasteiger partial charge < -0.3 is 14.4 Å². The van der Waals surface area contributed by atoms with Crippen molar-refractivity contribution in [2.75, 3.05) is 24.5 Å². The van der Waals surface area contributed by atoms with Crippen molar-refractivity contribution in [1.82, 2.24) is 24.6 Å². The summed E-state index contributed by atoms with van der Waals surface area (Å²) in [6.45, 7) is 7.66. The van der Waals surface area contributed by atoms with Crippen molar-refractivity contribution in [3.05, 3.63) is 47.7 Å². The van der Waals surface area contributed by atoms with Gasteiger partial charge in [-0.15, -0.1) is 10.2 Å². The van der Waals surface area contributed by atoms with E-state index < -0.39 is 12.0 Å². The van der Waals surface area contributed by atoms with Gasteiger partial charge in [0.05, 0.1) is 12.1 Å². The van der Waals surface area contributed by atoms with Gasteiger partial charge in [0.25, 0.3) is 0 Å². The first-order valence-electron chi connectivity index (χ1n) is 13.0. The predicted molar refractivity (Wildman–Crippen MR) is 135 cm³/mol. The number of amides is 1. The van der Waals surface area contributed by atoms with Gasteiger partial charge in [-0.1, -0.05) is 26.8 Å². The Morgan fingerprint density at radius 3 is 2.61 bits per heavy atom. The van der Waals surface area contributed by atoms with Crippen LogP contribution in [0.3, 0.4) is 0 Å². The molecule has 2 atom stereocenters. The van der Waals surface area contributed by atoms with E-state index in [1.807, 2.05) is 45.0 Å². The van der Waals surface area contributed by atoms with Crippen molar-refractivity contribution >= 4 is 28.3 Å². The number of alkyl halides is 3. The van der Waals surface area contributed by atoms with Crippen LogP contribution in [0, 0.1) is 17.8 Å². The lowest BCUT2D eigenvalue weighted by atomic mass is 9.85. The highest BCUT2D eigenvalue weighted by Gasteiger charge is 2.41. The zero-order valence-electron chi connectivity index (χ0n) is 21.7. The lowest BCUT2D eigenvalue weighted by molar-refractivity contribution is -0.148. The number of hydrogen-bond donors (Lipinski definition) is 0. The van der Waals surface area contributed by atoms with Gasteiger partial charge in [0.15, 0.2) is 11.6 Å². The molecule has 2 aliphatic heterocycles. The second-order valence-electron chi connectivity index (χ2n) is 10.8. The molecule has 0 unspecified atom stereocenters. The van der Waals surface area contributed by atoms with Gasteiger partial charge in [0.1, 0.15) is 0 Å². The van der Waals surface area contributed by atoms with Crippen molar-refractivity contribution in [3.63, 3.8) is 0 Å². The van der Waals surface area contributed by atoms with Crippen LogP contribution in [0.25, 0.3) is 10.9 Å². The number of halogens is 3. The number of pyridine rings is 1. The molecule has 2 aliphatic rings. The first-order valence-corrected chi connectivity index (χ1v) is 13.0. The maximum absolute atomic E-state index is 13.4. The SMILES string of the molecule is CC(C)CC(=O)c1ccc2c(N3CC[C@H](C(=O)N4CCn5c(nnc5C(F)(F)F)C4)[C@H](C)C3)ccnc2c1. The number of anilines is 1. The van der Waals surface area contributed by atoms with Crippen LogP contribution < -0.4 is 4.90 Å². The average Bonchev–Trinajstić information content (AvgIpc) is 3.31. The van der Waals surface area contributed by atoms with Crippen LogP contribution in [0.5, 0.6) is 0 Å². The highest BCUT2D eigenvalue weighted by atomic mass is 19.4. The molecular weight excluding hydrogens is 497 g/mol. The summed E-state index contributed by atoms with van der Waals surface area (Å²) in [5.74, 6) is -0.698. The number of carbonyl (C=O) groups excluding carboxylic acids is 2. The van der Waals surface area contributed by atoms with Gasteiger partial charge in [-0.25, -0.2) is 0 Å². The predicted octanol–water partition coefficient (Wildman–Crippen LogP) is 4.58. The zero-order chi connectivity index (χ0) is 27.2. The Morgan fingerprint density at radius 2 is 1.89 bits per heavy atom. The minimum Gasteiger partial charge on any atom is -0.371 e. The van der Waals surface area contributed by atoms with E-state index in [2.05, 4.69) is 20.1 Å². The fraction of sp³-hybridized carbons (Fsp3) is 0.519. The monoisotopic (exact) mass is 528 g/mol. The van der Waals surface area contributed by atoms with Crippen LogP contribution >= 0.6 is 0 Å². The molecule has 0 N–H and O–H groups in total. The van der Waals surface area contributed by atoms with Crippen molar-refractivity contribution in [1.29, 1.82) is 0 Å². The van der Waals surface area contributed by atoms with Crippen molar-refractivity contribution in [2.24, 2.45) is 17.8 Å². The molecule has 1 saturated heterocycles. The van der Waals surface area contributed by atoms with Crippen molar-refractivity contribution < 1.29 is 22.8 Å². The Labute approximate surface area is 218 Å². The number of nitrogens with zero attached hydrogens (tertiary/aromatic N) is 6. The number of hydrogen-bond acceptors (Lipinski definition) is 6. The molecule has 3 aromatic rings. The molecule has 2 aromatic heterocycles. The standard InChI is InChI=1S/C27H31F3N6O2/c1-16(2)12-23(37)18-4-5-20-21(13-18)31-8-6-22(20)34-9-7-19(17(3)14-34)25(38)35-10-11-36-24(15-35)32-33-26(36)27(28,29)30/h4-6,8,13,16-17,19H,7,9-12,14-15H2,1-3H3/t17-,19+/m1/s1. The molecule has 8 nitrogen and oxygen atoms in total. The van der Waals surface area contributed by atoms with Gasteiger partial charge >= 0.3 is 6.18 Å². The molecule has 1 fully saturated rings. The number of ketones is 1. The molecule has 38 heavy (non-hydrogen) atoms. The third-order valence-corrected chi connectivity index (χ3v) is 7.52. The van der Waals surface area contributed by atoms with Crippen LogP contribution in [0.2, 0.25) is 0 Å². The topological polar surface area (TPSA) is 84.2 Å². The maximum atomic E-state index is 13.4. The summed E-state index contributed by atoms with van der Waals surface area (Å²) in [6.07, 6.45) is -1.70. The number of benzene rings is 1. The molecular formula is C27H31F3N6O2. The number of carbonyl (C=O) groups is 2. The molecule has 0 spiro atoms. The fourth-order valence-electron chi connectivity index (χ4n) is 5.59. The third kappa shape index (κ3) is 4.98. The van der Waals surface area contributed by atoms with E-state index in [4.69, 9.17) is 0 Å². The van der Waals surface area contributed by atoms with Crippen LogP contribution in [0.1, 0.15) is 55.6 Å². The summed E-state index contributed by atoms with van der Waals surface area (Å²) >= 11 is 0. The Kier molecular flexibility index (Phi) is 6.87. The highest BCUT2D eigenvalue weighted by Crippen LogP contribution is 2.34. The van der Waals surface area contributed by atoms with Crippen molar-refractivity contribution in [3.8, 4) is 0 Å². The van der Waals surface area contributed by atoms with Crippen LogP contribution in [-0.2, 0) is 24.1 Å². The summed E-state index contributed by atoms with van der Waals surface area (Å²) in [7, 11) is 0. The van der Waals surface area contributed by atoms with Crippen LogP contribution in [-0.4, -0.2) is 56.0 Å². The lowest BCUT2D eigenvalue weighted by Crippen LogP contribution is -2.49. The summed E-state index contributed by atoms with van der Waals surface area (Å²) in [6, 6.07) is 7.62. The maximum Gasteiger partial charge on any atom is 0.451 e. The molecule has 0 radical (unpaired) electrons. The summed E-state index contributed by atoms with van der Waals surface area (Å²) in [5.41, 5.74) is 2.44. The minimum atomic E-state index is -4.57. The molecule has 0 bridgehead atoms. The Morgan fingerprint density at radius 1 is 1.11 bits per heavy atom. The first-order chi connectivity index (χ1) is 18.0. The van der Waals surface area contributed by atoms with Crippen LogP contribution in [0.15, 0.2) is 30.5 Å². The zero-order valence-corrected chi connectivity index (χ0v) is 21.7. The van der Waals surface area contributed by atoms with E-state index in [0.29, 0.717) is 31.5 Å². The Hall–Kier alpha value is -3.50.